The van der Waals surface area contributed by atoms with Gasteiger partial charge in [0.2, 0.25) is 0 Å². The van der Waals surface area contributed by atoms with E-state index in [0.717, 1.165) is 5.56 Å². The lowest BCUT2D eigenvalue weighted by Gasteiger charge is -2.25. The minimum absolute atomic E-state index is 0.156. The maximum atomic E-state index is 12.4. The third kappa shape index (κ3) is 6.41. The predicted octanol–water partition coefficient (Wildman–Crippen LogP) is 3.26. The monoisotopic (exact) mass is 454 g/mol. The highest BCUT2D eigenvalue weighted by molar-refractivity contribution is 6.53. The normalized spacial score (nSPS) is 13.9. The number of nitrogens with one attached hydrogen (secondary N) is 1. The van der Waals surface area contributed by atoms with Crippen molar-refractivity contribution in [2.75, 3.05) is 6.61 Å². The topological polar surface area (TPSA) is 119 Å². The Balaban J connectivity index is 2.12. The van der Waals surface area contributed by atoms with Crippen molar-refractivity contribution < 1.29 is 24.4 Å². The van der Waals surface area contributed by atoms with Gasteiger partial charge in [-0.2, -0.15) is 0 Å². The summed E-state index contributed by atoms with van der Waals surface area (Å²) in [7, 11) is 0. The molecule has 2 aromatic rings. The van der Waals surface area contributed by atoms with Crippen LogP contribution in [-0.2, 0) is 14.3 Å². The van der Waals surface area contributed by atoms with Crippen molar-refractivity contribution in [2.45, 2.75) is 29.8 Å². The molecule has 0 aliphatic rings. The van der Waals surface area contributed by atoms with E-state index in [4.69, 9.17) is 27.9 Å². The van der Waals surface area contributed by atoms with Crippen molar-refractivity contribution >= 4 is 40.8 Å². The lowest BCUT2D eigenvalue weighted by molar-refractivity contribution is -0.384. The van der Waals surface area contributed by atoms with Crippen molar-refractivity contribution in [2.24, 2.45) is 0 Å². The second kappa shape index (κ2) is 10.9. The number of ether oxygens (including phenoxy) is 1. The number of benzene rings is 2. The lowest BCUT2D eigenvalue weighted by atomic mass is 10.0. The molecule has 3 atom stereocenters. The highest BCUT2D eigenvalue weighted by Crippen LogP contribution is 2.22. The van der Waals surface area contributed by atoms with Gasteiger partial charge in [-0.05, 0) is 30.2 Å². The molecular formula is C20H20Cl2N2O6. The molecular weight excluding hydrogens is 435 g/mol. The van der Waals surface area contributed by atoms with E-state index >= 15 is 0 Å². The van der Waals surface area contributed by atoms with E-state index in [1.807, 2.05) is 6.07 Å². The number of rotatable bonds is 9. The number of nitro groups is 1. The highest BCUT2D eigenvalue weighted by Gasteiger charge is 2.28. The Morgan fingerprint density at radius 3 is 2.23 bits per heavy atom. The van der Waals surface area contributed by atoms with Crippen LogP contribution in [0, 0.1) is 10.1 Å². The largest absolute Gasteiger partial charge is 0.463 e. The molecule has 0 aliphatic heterocycles. The molecule has 0 radical (unpaired) electrons. The van der Waals surface area contributed by atoms with Gasteiger partial charge in [0.1, 0.15) is 12.7 Å². The van der Waals surface area contributed by atoms with E-state index in [1.54, 1.807) is 31.2 Å². The predicted molar refractivity (Wildman–Crippen MR) is 111 cm³/mol. The van der Waals surface area contributed by atoms with Crippen LogP contribution in [-0.4, -0.2) is 39.4 Å². The summed E-state index contributed by atoms with van der Waals surface area (Å²) in [5.74, 6) is -1.89. The number of amides is 1. The molecule has 0 aromatic heterocycles. The fourth-order valence-electron chi connectivity index (χ4n) is 2.66. The van der Waals surface area contributed by atoms with Crippen molar-refractivity contribution in [1.29, 1.82) is 0 Å². The van der Waals surface area contributed by atoms with Gasteiger partial charge >= 0.3 is 5.97 Å². The van der Waals surface area contributed by atoms with Gasteiger partial charge in [0.05, 0.1) is 16.9 Å². The van der Waals surface area contributed by atoms with Crippen LogP contribution in [0.1, 0.15) is 30.1 Å². The Kier molecular flexibility index (Phi) is 8.58. The summed E-state index contributed by atoms with van der Waals surface area (Å²) in [4.78, 5) is 33.1. The summed E-state index contributed by atoms with van der Waals surface area (Å²) in [6.07, 6.45) is -1.33. The van der Waals surface area contributed by atoms with Crippen molar-refractivity contribution in [3.05, 3.63) is 75.8 Å². The summed E-state index contributed by atoms with van der Waals surface area (Å²) in [5, 5.41) is 23.9. The van der Waals surface area contributed by atoms with Crippen LogP contribution in [0.4, 0.5) is 5.69 Å². The number of hydrogen-bond donors (Lipinski definition) is 2. The second-order valence-electron chi connectivity index (χ2n) is 6.47. The maximum absolute atomic E-state index is 12.4. The van der Waals surface area contributed by atoms with E-state index < -0.39 is 39.7 Å². The van der Waals surface area contributed by atoms with Gasteiger partial charge in [0.25, 0.3) is 11.6 Å². The molecule has 0 fully saturated rings. The number of alkyl halides is 2. The molecule has 160 valence electrons. The molecule has 0 aliphatic carbocycles. The van der Waals surface area contributed by atoms with Crippen molar-refractivity contribution in [1.82, 2.24) is 5.32 Å². The summed E-state index contributed by atoms with van der Waals surface area (Å²) in [6.45, 7) is 1.31. The molecule has 2 N–H and O–H groups in total. The van der Waals surface area contributed by atoms with Gasteiger partial charge in [-0.25, -0.2) is 0 Å². The molecule has 0 spiro atoms. The Bertz CT molecular complexity index is 877. The molecule has 2 aromatic carbocycles. The standard InChI is InChI=1S/C20H20Cl2N2O6/c1-12(13-5-3-2-4-6-13)20(27)30-11-16(23-19(26)18(21)22)17(25)14-7-9-15(10-8-14)24(28)29/h2-10,12,16-18,25H,11H2,1H3,(H,23,26)/t12-,16+,17+/m0/s1. The zero-order valence-electron chi connectivity index (χ0n) is 15.9. The van der Waals surface area contributed by atoms with Crippen LogP contribution in [0.5, 0.6) is 0 Å². The van der Waals surface area contributed by atoms with Crippen LogP contribution < -0.4 is 5.32 Å². The van der Waals surface area contributed by atoms with Crippen LogP contribution in [0.15, 0.2) is 54.6 Å². The molecule has 30 heavy (non-hydrogen) atoms. The van der Waals surface area contributed by atoms with Crippen LogP contribution in [0.3, 0.4) is 0 Å². The summed E-state index contributed by atoms with van der Waals surface area (Å²) < 4.78 is 5.30. The van der Waals surface area contributed by atoms with Crippen molar-refractivity contribution in [3.63, 3.8) is 0 Å². The summed E-state index contributed by atoms with van der Waals surface area (Å²) in [6, 6.07) is 13.0. The van der Waals surface area contributed by atoms with E-state index in [1.165, 1.54) is 24.3 Å². The number of esters is 1. The van der Waals surface area contributed by atoms with Gasteiger partial charge < -0.3 is 15.2 Å². The smallest absolute Gasteiger partial charge is 0.313 e. The number of aliphatic hydroxyl groups excluding tert-OH is 1. The molecule has 2 rings (SSSR count). The zero-order chi connectivity index (χ0) is 22.3. The number of nitrogens with zero attached hydrogens (tertiary/aromatic N) is 1. The first-order valence-electron chi connectivity index (χ1n) is 8.93. The third-order valence-corrected chi connectivity index (χ3v) is 4.81. The van der Waals surface area contributed by atoms with E-state index in [2.05, 4.69) is 5.32 Å². The first-order chi connectivity index (χ1) is 14.2. The minimum atomic E-state index is -1.39. The van der Waals surface area contributed by atoms with Crippen LogP contribution in [0.2, 0.25) is 0 Å². The van der Waals surface area contributed by atoms with Gasteiger partial charge in [-0.3, -0.25) is 19.7 Å². The fourth-order valence-corrected chi connectivity index (χ4v) is 2.78. The van der Waals surface area contributed by atoms with E-state index in [0.29, 0.717) is 0 Å². The molecule has 0 saturated carbocycles. The van der Waals surface area contributed by atoms with Gasteiger partial charge in [0.15, 0.2) is 4.84 Å². The number of carbonyl (C=O) groups excluding carboxylic acids is 2. The van der Waals surface area contributed by atoms with Gasteiger partial charge in [0, 0.05) is 12.1 Å². The van der Waals surface area contributed by atoms with Crippen molar-refractivity contribution in [3.8, 4) is 0 Å². The Morgan fingerprint density at radius 1 is 1.10 bits per heavy atom. The second-order valence-corrected chi connectivity index (χ2v) is 7.57. The quantitative estimate of drug-likeness (QED) is 0.259. The lowest BCUT2D eigenvalue weighted by Crippen LogP contribution is -2.45. The number of nitro benzene ring substituents is 1. The summed E-state index contributed by atoms with van der Waals surface area (Å²) in [5.41, 5.74) is 0.871. The first-order valence-corrected chi connectivity index (χ1v) is 9.80. The number of aliphatic hydroxyl groups is 1. The fraction of sp³-hybridized carbons (Fsp3) is 0.300. The Hall–Kier alpha value is -2.68. The number of carbonyl (C=O) groups is 2. The average molecular weight is 455 g/mol. The molecule has 0 saturated heterocycles. The molecule has 1 amide bonds. The number of hydrogen-bond acceptors (Lipinski definition) is 6. The number of halogens is 2. The molecule has 8 nitrogen and oxygen atoms in total. The molecule has 0 unspecified atom stereocenters. The summed E-state index contributed by atoms with van der Waals surface area (Å²) >= 11 is 11.1. The van der Waals surface area contributed by atoms with Crippen LogP contribution >= 0.6 is 23.2 Å². The van der Waals surface area contributed by atoms with Gasteiger partial charge in [-0.15, -0.1) is 0 Å². The zero-order valence-corrected chi connectivity index (χ0v) is 17.4. The van der Waals surface area contributed by atoms with Gasteiger partial charge in [-0.1, -0.05) is 53.5 Å². The SMILES string of the molecule is C[C@H](C(=O)OC[C@@H](NC(=O)C(Cl)Cl)[C@H](O)c1ccc([N+](=O)[O-])cc1)c1ccccc1. The third-order valence-electron chi connectivity index (χ3n) is 4.41. The molecule has 10 heteroatoms. The first kappa shape index (κ1) is 23.6. The van der Waals surface area contributed by atoms with Crippen LogP contribution in [0.25, 0.3) is 0 Å². The molecule has 0 bridgehead atoms. The van der Waals surface area contributed by atoms with E-state index in [-0.39, 0.29) is 17.9 Å². The minimum Gasteiger partial charge on any atom is -0.463 e. The van der Waals surface area contributed by atoms with E-state index in [9.17, 15) is 24.8 Å². The molecule has 0 heterocycles. The Morgan fingerprint density at radius 2 is 1.70 bits per heavy atom. The average Bonchev–Trinajstić information content (AvgIpc) is 2.75. The Labute approximate surface area is 182 Å². The number of non-ortho nitro benzene ring substituents is 1. The highest BCUT2D eigenvalue weighted by atomic mass is 35.5. The maximum Gasteiger partial charge on any atom is 0.313 e.